The number of nitrogens with two attached hydrogens (primary N) is 1. The molecule has 0 saturated heterocycles. The summed E-state index contributed by atoms with van der Waals surface area (Å²) < 4.78 is 13.1. The fourth-order valence-electron chi connectivity index (χ4n) is 1.12. The van der Waals surface area contributed by atoms with Crippen LogP contribution in [-0.4, -0.2) is 5.11 Å². The van der Waals surface area contributed by atoms with E-state index in [1.165, 1.54) is 12.1 Å². The number of benzene rings is 1. The minimum absolute atomic E-state index is 0. The van der Waals surface area contributed by atoms with Gasteiger partial charge >= 0.3 is 0 Å². The van der Waals surface area contributed by atoms with Gasteiger partial charge in [0.1, 0.15) is 11.6 Å². The molecular formula is C10H13ClFNO. The molecule has 3 N–H and O–H groups in total. The van der Waals surface area contributed by atoms with Crippen LogP contribution in [0.25, 0.3) is 0 Å². The van der Waals surface area contributed by atoms with Gasteiger partial charge in [0.05, 0.1) is 0 Å². The number of phenolic OH excluding ortho intramolecular Hbond substituents is 1. The Balaban J connectivity index is 0.00000169. The lowest BCUT2D eigenvalue weighted by Gasteiger charge is -2.10. The summed E-state index contributed by atoms with van der Waals surface area (Å²) in [5, 5.41) is 8.95. The van der Waals surface area contributed by atoms with Crippen molar-refractivity contribution in [2.75, 3.05) is 0 Å². The maximum atomic E-state index is 13.1. The van der Waals surface area contributed by atoms with Crippen LogP contribution in [0.4, 0.5) is 4.39 Å². The Morgan fingerprint density at radius 1 is 1.57 bits per heavy atom. The van der Waals surface area contributed by atoms with Crippen LogP contribution in [0, 0.1) is 5.82 Å². The van der Waals surface area contributed by atoms with Crippen LogP contribution in [0.2, 0.25) is 0 Å². The molecule has 78 valence electrons. The normalized spacial score (nSPS) is 11.6. The second kappa shape index (κ2) is 5.62. The molecule has 1 aromatic carbocycles. The summed E-state index contributed by atoms with van der Waals surface area (Å²) in [6.45, 7) is 3.52. The molecule has 4 heteroatoms. The van der Waals surface area contributed by atoms with Gasteiger partial charge in [-0.15, -0.1) is 19.0 Å². The highest BCUT2D eigenvalue weighted by molar-refractivity contribution is 5.85. The van der Waals surface area contributed by atoms with Gasteiger partial charge in [-0.25, -0.2) is 4.39 Å². The van der Waals surface area contributed by atoms with Crippen molar-refractivity contribution in [2.24, 2.45) is 5.73 Å². The first-order chi connectivity index (χ1) is 6.15. The minimum Gasteiger partial charge on any atom is -0.508 e. The van der Waals surface area contributed by atoms with Gasteiger partial charge in [-0.3, -0.25) is 0 Å². The number of rotatable bonds is 3. The molecule has 0 aromatic heterocycles. The van der Waals surface area contributed by atoms with Gasteiger partial charge in [0.15, 0.2) is 0 Å². The monoisotopic (exact) mass is 217 g/mol. The van der Waals surface area contributed by atoms with Crippen molar-refractivity contribution in [1.29, 1.82) is 0 Å². The van der Waals surface area contributed by atoms with E-state index in [0.717, 1.165) is 6.07 Å². The number of phenols is 1. The molecule has 1 aromatic rings. The van der Waals surface area contributed by atoms with Crippen LogP contribution in [0.1, 0.15) is 18.0 Å². The average Bonchev–Trinajstić information content (AvgIpc) is 2.04. The zero-order valence-corrected chi connectivity index (χ0v) is 8.43. The van der Waals surface area contributed by atoms with E-state index in [4.69, 9.17) is 10.8 Å². The van der Waals surface area contributed by atoms with Crippen molar-refractivity contribution < 1.29 is 9.50 Å². The second-order valence-electron chi connectivity index (χ2n) is 2.84. The molecule has 0 spiro atoms. The molecule has 1 rings (SSSR count). The van der Waals surface area contributed by atoms with E-state index in [9.17, 15) is 4.39 Å². The van der Waals surface area contributed by atoms with Crippen molar-refractivity contribution in [2.45, 2.75) is 12.5 Å². The third kappa shape index (κ3) is 3.01. The van der Waals surface area contributed by atoms with Gasteiger partial charge in [-0.05, 0) is 12.5 Å². The third-order valence-electron chi connectivity index (χ3n) is 1.80. The van der Waals surface area contributed by atoms with E-state index in [-0.39, 0.29) is 18.2 Å². The number of aromatic hydroxyl groups is 1. The summed E-state index contributed by atoms with van der Waals surface area (Å²) in [5.74, 6) is -0.568. The summed E-state index contributed by atoms with van der Waals surface area (Å²) >= 11 is 0. The maximum absolute atomic E-state index is 13.1. The Labute approximate surface area is 88.7 Å². The van der Waals surface area contributed by atoms with E-state index in [2.05, 4.69) is 6.58 Å². The van der Waals surface area contributed by atoms with Crippen molar-refractivity contribution in [3.8, 4) is 5.75 Å². The van der Waals surface area contributed by atoms with Crippen LogP contribution < -0.4 is 5.73 Å². The number of hydrogen-bond donors (Lipinski definition) is 2. The molecular weight excluding hydrogens is 205 g/mol. The summed E-state index contributed by atoms with van der Waals surface area (Å²) in [6.07, 6.45) is 2.15. The Bertz CT molecular complexity index is 317. The molecule has 2 nitrogen and oxygen atoms in total. The zero-order valence-electron chi connectivity index (χ0n) is 7.61. The molecule has 0 aliphatic carbocycles. The van der Waals surface area contributed by atoms with E-state index in [1.807, 2.05) is 0 Å². The molecule has 14 heavy (non-hydrogen) atoms. The van der Waals surface area contributed by atoms with Crippen molar-refractivity contribution in [3.05, 3.63) is 42.2 Å². The van der Waals surface area contributed by atoms with Gasteiger partial charge < -0.3 is 10.8 Å². The Morgan fingerprint density at radius 2 is 2.21 bits per heavy atom. The van der Waals surface area contributed by atoms with Crippen LogP contribution in [0.3, 0.4) is 0 Å². The highest BCUT2D eigenvalue weighted by Crippen LogP contribution is 2.21. The summed E-state index contributed by atoms with van der Waals surface area (Å²) in [5.41, 5.74) is 6.06. The first kappa shape index (κ1) is 12.9. The van der Waals surface area contributed by atoms with Crippen LogP contribution in [0.5, 0.6) is 5.75 Å². The molecule has 0 bridgehead atoms. The van der Waals surface area contributed by atoms with Crippen LogP contribution in [0.15, 0.2) is 30.9 Å². The lowest BCUT2D eigenvalue weighted by atomic mass is 10.0. The molecule has 0 unspecified atom stereocenters. The zero-order chi connectivity index (χ0) is 9.84. The van der Waals surface area contributed by atoms with Gasteiger partial charge in [-0.1, -0.05) is 12.1 Å². The van der Waals surface area contributed by atoms with Crippen LogP contribution in [-0.2, 0) is 0 Å². The molecule has 0 fully saturated rings. The molecule has 0 aliphatic rings. The van der Waals surface area contributed by atoms with E-state index in [1.54, 1.807) is 6.08 Å². The predicted octanol–water partition coefficient (Wildman–Crippen LogP) is 2.53. The Morgan fingerprint density at radius 3 is 2.71 bits per heavy atom. The summed E-state index contributed by atoms with van der Waals surface area (Å²) in [6, 6.07) is 3.57. The standard InChI is InChI=1S/C10H12FNO.ClH/c1-2-3-10(12)8-5-4-7(13)6-9(8)11;/h2,4-6,10,13H,1,3,12H2;1H/t10-;/m1./s1. The SMILES string of the molecule is C=CC[C@@H](N)c1ccc(O)cc1F.Cl. The fourth-order valence-corrected chi connectivity index (χ4v) is 1.12. The van der Waals surface area contributed by atoms with E-state index in [0.29, 0.717) is 12.0 Å². The van der Waals surface area contributed by atoms with Gasteiger partial charge in [0, 0.05) is 17.7 Å². The highest BCUT2D eigenvalue weighted by atomic mass is 35.5. The summed E-state index contributed by atoms with van der Waals surface area (Å²) in [7, 11) is 0. The average molecular weight is 218 g/mol. The minimum atomic E-state index is -0.477. The molecule has 0 radical (unpaired) electrons. The quantitative estimate of drug-likeness (QED) is 0.765. The molecule has 0 aliphatic heterocycles. The van der Waals surface area contributed by atoms with E-state index >= 15 is 0 Å². The molecule has 0 saturated carbocycles. The van der Waals surface area contributed by atoms with Gasteiger partial charge in [-0.2, -0.15) is 0 Å². The Kier molecular flexibility index (Phi) is 5.20. The predicted molar refractivity (Wildman–Crippen MR) is 57.1 cm³/mol. The van der Waals surface area contributed by atoms with Crippen molar-refractivity contribution in [1.82, 2.24) is 0 Å². The lowest BCUT2D eigenvalue weighted by Crippen LogP contribution is -2.10. The third-order valence-corrected chi connectivity index (χ3v) is 1.80. The van der Waals surface area contributed by atoms with E-state index < -0.39 is 11.9 Å². The first-order valence-electron chi connectivity index (χ1n) is 4.00. The van der Waals surface area contributed by atoms with Crippen molar-refractivity contribution in [3.63, 3.8) is 0 Å². The second-order valence-corrected chi connectivity index (χ2v) is 2.84. The maximum Gasteiger partial charge on any atom is 0.131 e. The smallest absolute Gasteiger partial charge is 0.131 e. The molecule has 1 atom stereocenters. The fraction of sp³-hybridized carbons (Fsp3) is 0.200. The van der Waals surface area contributed by atoms with Crippen LogP contribution >= 0.6 is 12.4 Å². The van der Waals surface area contributed by atoms with Gasteiger partial charge in [0.2, 0.25) is 0 Å². The largest absolute Gasteiger partial charge is 0.508 e. The highest BCUT2D eigenvalue weighted by Gasteiger charge is 2.09. The summed E-state index contributed by atoms with van der Waals surface area (Å²) in [4.78, 5) is 0. The first-order valence-corrected chi connectivity index (χ1v) is 4.00. The van der Waals surface area contributed by atoms with Crippen molar-refractivity contribution >= 4 is 12.4 Å². The molecule has 0 amide bonds. The topological polar surface area (TPSA) is 46.2 Å². The van der Waals surface area contributed by atoms with Gasteiger partial charge in [0.25, 0.3) is 0 Å². The number of hydrogen-bond acceptors (Lipinski definition) is 2. The lowest BCUT2D eigenvalue weighted by molar-refractivity contribution is 0.466. The Hall–Kier alpha value is -1.06. The number of halogens is 2. The molecule has 0 heterocycles.